The van der Waals surface area contributed by atoms with E-state index in [2.05, 4.69) is 15.6 Å². The van der Waals surface area contributed by atoms with Gasteiger partial charge in [0.05, 0.1) is 5.56 Å². The molecule has 0 bridgehead atoms. The molecule has 2 amide bonds. The number of carboxylic acids is 1. The first-order valence-corrected chi connectivity index (χ1v) is 11.5. The fraction of sp³-hybridized carbons (Fsp3) is 0.222. The molecule has 8 heteroatoms. The van der Waals surface area contributed by atoms with E-state index in [9.17, 15) is 19.5 Å². The van der Waals surface area contributed by atoms with E-state index in [1.165, 1.54) is 0 Å². The van der Waals surface area contributed by atoms with Crippen LogP contribution in [0.3, 0.4) is 0 Å². The van der Waals surface area contributed by atoms with Gasteiger partial charge >= 0.3 is 5.97 Å². The van der Waals surface area contributed by atoms with Crippen molar-refractivity contribution in [3.05, 3.63) is 78.0 Å². The van der Waals surface area contributed by atoms with Gasteiger partial charge in [0.25, 0.3) is 11.8 Å². The van der Waals surface area contributed by atoms with Gasteiger partial charge in [-0.05, 0) is 47.4 Å². The topological polar surface area (TPSA) is 121 Å². The number of fused-ring (bicyclic) bond motifs is 2. The number of H-pyrrole nitrogens is 1. The number of benzene rings is 3. The minimum Gasteiger partial charge on any atom is -0.483 e. The summed E-state index contributed by atoms with van der Waals surface area (Å²) in [5, 5.41) is 17.9. The lowest BCUT2D eigenvalue weighted by atomic mass is 10.0. The fourth-order valence-corrected chi connectivity index (χ4v) is 4.11. The Morgan fingerprint density at radius 2 is 1.74 bits per heavy atom. The number of aromatic nitrogens is 1. The van der Waals surface area contributed by atoms with E-state index in [0.717, 1.165) is 40.1 Å². The zero-order chi connectivity index (χ0) is 24.4. The van der Waals surface area contributed by atoms with Crippen LogP contribution in [0.4, 0.5) is 0 Å². The predicted molar refractivity (Wildman–Crippen MR) is 132 cm³/mol. The van der Waals surface area contributed by atoms with E-state index in [0.29, 0.717) is 0 Å². The number of para-hydroxylation sites is 1. The summed E-state index contributed by atoms with van der Waals surface area (Å²) in [7, 11) is 0. The first-order valence-electron chi connectivity index (χ1n) is 11.5. The molecule has 1 atom stereocenters. The van der Waals surface area contributed by atoms with Gasteiger partial charge in [-0.3, -0.25) is 9.59 Å². The number of hydrogen-bond donors (Lipinski definition) is 4. The van der Waals surface area contributed by atoms with E-state index in [1.54, 1.807) is 18.3 Å². The van der Waals surface area contributed by atoms with Gasteiger partial charge in [-0.25, -0.2) is 4.79 Å². The molecule has 4 aromatic rings. The summed E-state index contributed by atoms with van der Waals surface area (Å²) >= 11 is 0. The van der Waals surface area contributed by atoms with Crippen molar-refractivity contribution in [1.82, 2.24) is 15.6 Å². The third kappa shape index (κ3) is 5.11. The predicted octanol–water partition coefficient (Wildman–Crippen LogP) is 3.40. The number of aromatic amines is 1. The highest BCUT2D eigenvalue weighted by atomic mass is 16.5. The van der Waals surface area contributed by atoms with Crippen molar-refractivity contribution in [2.24, 2.45) is 0 Å². The van der Waals surface area contributed by atoms with Crippen LogP contribution in [-0.4, -0.2) is 46.6 Å². The molecule has 178 valence electrons. The highest BCUT2D eigenvalue weighted by Gasteiger charge is 2.26. The monoisotopic (exact) mass is 471 g/mol. The van der Waals surface area contributed by atoms with Crippen LogP contribution < -0.4 is 15.4 Å². The molecule has 1 aromatic heterocycles. The molecule has 1 heterocycles. The zero-order valence-corrected chi connectivity index (χ0v) is 18.9. The van der Waals surface area contributed by atoms with Gasteiger partial charge in [0.15, 0.2) is 6.61 Å². The molecule has 35 heavy (non-hydrogen) atoms. The van der Waals surface area contributed by atoms with Gasteiger partial charge < -0.3 is 25.5 Å². The molecule has 0 aliphatic heterocycles. The van der Waals surface area contributed by atoms with Crippen LogP contribution in [0.15, 0.2) is 66.9 Å². The number of carbonyl (C=O) groups excluding carboxylic acids is 2. The smallest absolute Gasteiger partial charge is 0.326 e. The molecule has 0 spiro atoms. The zero-order valence-electron chi connectivity index (χ0n) is 18.9. The minimum absolute atomic E-state index is 0.110. The minimum atomic E-state index is -1.15. The van der Waals surface area contributed by atoms with Crippen LogP contribution in [-0.2, 0) is 16.0 Å². The SMILES string of the molecule is O=C(COc1cc2ccccc2cc1C(=O)NC(Cc1c[nH]c2ccccc12)C(=O)O)NC1CC1. The summed E-state index contributed by atoms with van der Waals surface area (Å²) in [6.07, 6.45) is 3.79. The van der Waals surface area contributed by atoms with Gasteiger partial charge in [0.1, 0.15) is 11.8 Å². The summed E-state index contributed by atoms with van der Waals surface area (Å²) in [5.74, 6) is -1.76. The van der Waals surface area contributed by atoms with Crippen LogP contribution in [0.5, 0.6) is 5.75 Å². The average molecular weight is 472 g/mol. The number of nitrogens with one attached hydrogen (secondary N) is 3. The third-order valence-corrected chi connectivity index (χ3v) is 6.10. The summed E-state index contributed by atoms with van der Waals surface area (Å²) in [6, 6.07) is 17.4. The summed E-state index contributed by atoms with van der Waals surface area (Å²) in [5.41, 5.74) is 1.86. The summed E-state index contributed by atoms with van der Waals surface area (Å²) < 4.78 is 5.74. The molecule has 0 radical (unpaired) electrons. The Balaban J connectivity index is 1.39. The lowest BCUT2D eigenvalue weighted by molar-refractivity contribution is -0.139. The molecule has 0 saturated heterocycles. The Labute approximate surface area is 201 Å². The second-order valence-electron chi connectivity index (χ2n) is 8.75. The van der Waals surface area contributed by atoms with Crippen molar-refractivity contribution in [2.45, 2.75) is 31.3 Å². The molecule has 5 rings (SSSR count). The summed E-state index contributed by atoms with van der Waals surface area (Å²) in [4.78, 5) is 40.6. The van der Waals surface area contributed by atoms with Gasteiger partial charge in [0, 0.05) is 29.6 Å². The normalized spacial score (nSPS) is 13.9. The molecule has 1 aliphatic carbocycles. The fourth-order valence-electron chi connectivity index (χ4n) is 4.11. The van der Waals surface area contributed by atoms with Crippen molar-refractivity contribution in [3.63, 3.8) is 0 Å². The van der Waals surface area contributed by atoms with E-state index in [1.807, 2.05) is 48.5 Å². The number of amides is 2. The maximum absolute atomic E-state index is 13.3. The Hall–Kier alpha value is -4.33. The molecule has 1 fully saturated rings. The maximum Gasteiger partial charge on any atom is 0.326 e. The highest BCUT2D eigenvalue weighted by Crippen LogP contribution is 2.27. The highest BCUT2D eigenvalue weighted by molar-refractivity contribution is 6.03. The second kappa shape index (κ2) is 9.50. The van der Waals surface area contributed by atoms with Gasteiger partial charge in [-0.2, -0.15) is 0 Å². The van der Waals surface area contributed by atoms with Crippen LogP contribution in [0.2, 0.25) is 0 Å². The first kappa shape index (κ1) is 22.5. The standard InChI is InChI=1S/C27H25N3O5/c31-25(29-19-9-10-19)15-35-24-13-17-6-2-1-5-16(17)11-21(24)26(32)30-23(27(33)34)12-18-14-28-22-8-4-3-7-20(18)22/h1-8,11,13-14,19,23,28H,9-10,12,15H2,(H,29,31)(H,30,32)(H,33,34). The van der Waals surface area contributed by atoms with Gasteiger partial charge in [0.2, 0.25) is 0 Å². The van der Waals surface area contributed by atoms with E-state index < -0.39 is 17.9 Å². The molecular weight excluding hydrogens is 446 g/mol. The largest absolute Gasteiger partial charge is 0.483 e. The van der Waals surface area contributed by atoms with E-state index in [-0.39, 0.29) is 36.3 Å². The van der Waals surface area contributed by atoms with Crippen molar-refractivity contribution >= 4 is 39.5 Å². The van der Waals surface area contributed by atoms with Crippen molar-refractivity contribution < 1.29 is 24.2 Å². The van der Waals surface area contributed by atoms with E-state index in [4.69, 9.17) is 4.74 Å². The lowest BCUT2D eigenvalue weighted by Crippen LogP contribution is -2.42. The Morgan fingerprint density at radius 3 is 2.49 bits per heavy atom. The molecule has 3 aromatic carbocycles. The van der Waals surface area contributed by atoms with Gasteiger partial charge in [-0.1, -0.05) is 42.5 Å². The third-order valence-electron chi connectivity index (χ3n) is 6.10. The van der Waals surface area contributed by atoms with Gasteiger partial charge in [-0.15, -0.1) is 0 Å². The summed E-state index contributed by atoms with van der Waals surface area (Å²) in [6.45, 7) is -0.229. The Bertz CT molecular complexity index is 1420. The Kier molecular flexibility index (Phi) is 6.10. The number of aliphatic carboxylic acids is 1. The Morgan fingerprint density at radius 1 is 1.03 bits per heavy atom. The number of ether oxygens (including phenoxy) is 1. The number of carbonyl (C=O) groups is 3. The van der Waals surface area contributed by atoms with Crippen molar-refractivity contribution in [1.29, 1.82) is 0 Å². The lowest BCUT2D eigenvalue weighted by Gasteiger charge is -2.17. The molecule has 1 unspecified atom stereocenters. The van der Waals surface area contributed by atoms with Crippen LogP contribution >= 0.6 is 0 Å². The molecular formula is C27H25N3O5. The van der Waals surface area contributed by atoms with Crippen LogP contribution in [0.25, 0.3) is 21.7 Å². The number of rotatable bonds is 9. The quantitative estimate of drug-likeness (QED) is 0.298. The first-order chi connectivity index (χ1) is 17.0. The van der Waals surface area contributed by atoms with Crippen molar-refractivity contribution in [2.75, 3.05) is 6.61 Å². The molecule has 1 saturated carbocycles. The van der Waals surface area contributed by atoms with E-state index >= 15 is 0 Å². The molecule has 1 aliphatic rings. The number of hydrogen-bond acceptors (Lipinski definition) is 4. The van der Waals surface area contributed by atoms with Crippen LogP contribution in [0.1, 0.15) is 28.8 Å². The molecule has 8 nitrogen and oxygen atoms in total. The van der Waals surface area contributed by atoms with Crippen LogP contribution in [0, 0.1) is 0 Å². The number of carboxylic acid groups (broad SMARTS) is 1. The average Bonchev–Trinajstić information content (AvgIpc) is 3.58. The molecule has 4 N–H and O–H groups in total. The second-order valence-corrected chi connectivity index (χ2v) is 8.75. The maximum atomic E-state index is 13.3. The van der Waals surface area contributed by atoms with Crippen molar-refractivity contribution in [3.8, 4) is 5.75 Å².